The van der Waals surface area contributed by atoms with Gasteiger partial charge in [0.2, 0.25) is 5.91 Å². The fraction of sp³-hybridized carbons (Fsp3) is 0.588. The first kappa shape index (κ1) is 15.8. The van der Waals surface area contributed by atoms with Gasteiger partial charge in [-0.15, -0.1) is 0 Å². The second kappa shape index (κ2) is 6.19. The quantitative estimate of drug-likeness (QED) is 0.924. The Hall–Kier alpha value is -1.10. The van der Waals surface area contributed by atoms with Crippen molar-refractivity contribution in [2.24, 2.45) is 0 Å². The molecule has 22 heavy (non-hydrogen) atoms. The minimum atomic E-state index is -0.362. The van der Waals surface area contributed by atoms with Gasteiger partial charge in [-0.3, -0.25) is 4.79 Å². The van der Waals surface area contributed by atoms with Gasteiger partial charge in [0.1, 0.15) is 0 Å². The van der Waals surface area contributed by atoms with E-state index < -0.39 is 0 Å². The number of hydrogen-bond donors (Lipinski definition) is 1. The summed E-state index contributed by atoms with van der Waals surface area (Å²) in [5.74, 6) is 0.110. The van der Waals surface area contributed by atoms with Gasteiger partial charge in [0.15, 0.2) is 0 Å². The SMILES string of the molecule is C[C@H](NC(=O)C1(c2ccc(Cl)cc2)CC1)[C@@H]1CN(C)CCO1. The lowest BCUT2D eigenvalue weighted by atomic mass is 9.94. The molecule has 4 nitrogen and oxygen atoms in total. The van der Waals surface area contributed by atoms with E-state index in [1.54, 1.807) is 0 Å². The highest BCUT2D eigenvalue weighted by Crippen LogP contribution is 2.48. The Morgan fingerprint density at radius 3 is 2.68 bits per heavy atom. The molecule has 0 unspecified atom stereocenters. The summed E-state index contributed by atoms with van der Waals surface area (Å²) < 4.78 is 5.79. The Morgan fingerprint density at radius 2 is 2.09 bits per heavy atom. The minimum absolute atomic E-state index is 0.0139. The van der Waals surface area contributed by atoms with Crippen molar-refractivity contribution in [2.45, 2.75) is 37.3 Å². The molecule has 2 aliphatic rings. The summed E-state index contributed by atoms with van der Waals surface area (Å²) >= 11 is 5.94. The Kier molecular flexibility index (Phi) is 4.44. The lowest BCUT2D eigenvalue weighted by Gasteiger charge is -2.34. The zero-order valence-corrected chi connectivity index (χ0v) is 13.9. The molecule has 0 radical (unpaired) electrons. The first-order chi connectivity index (χ1) is 10.5. The third kappa shape index (κ3) is 3.14. The Bertz CT molecular complexity index is 542. The van der Waals surface area contributed by atoms with Crippen molar-refractivity contribution in [3.05, 3.63) is 34.9 Å². The fourth-order valence-electron chi connectivity index (χ4n) is 3.09. The predicted octanol–water partition coefficient (Wildman–Crippen LogP) is 2.21. The van der Waals surface area contributed by atoms with Crippen molar-refractivity contribution in [3.8, 4) is 0 Å². The van der Waals surface area contributed by atoms with Crippen LogP contribution in [0.2, 0.25) is 5.02 Å². The van der Waals surface area contributed by atoms with Crippen LogP contribution in [-0.4, -0.2) is 49.7 Å². The van der Waals surface area contributed by atoms with E-state index in [-0.39, 0.29) is 23.5 Å². The molecule has 1 aromatic carbocycles. The lowest BCUT2D eigenvalue weighted by molar-refractivity contribution is -0.126. The number of halogens is 1. The molecule has 1 N–H and O–H groups in total. The molecular weight excluding hydrogens is 300 g/mol. The molecule has 3 rings (SSSR count). The van der Waals surface area contributed by atoms with Crippen LogP contribution < -0.4 is 5.32 Å². The molecule has 5 heteroatoms. The van der Waals surface area contributed by atoms with Crippen LogP contribution >= 0.6 is 11.6 Å². The van der Waals surface area contributed by atoms with Gasteiger partial charge in [-0.2, -0.15) is 0 Å². The van der Waals surface area contributed by atoms with Crippen LogP contribution in [-0.2, 0) is 14.9 Å². The number of benzene rings is 1. The molecule has 1 aromatic rings. The maximum Gasteiger partial charge on any atom is 0.230 e. The first-order valence-electron chi connectivity index (χ1n) is 7.88. The zero-order valence-electron chi connectivity index (χ0n) is 13.1. The molecular formula is C17H23ClN2O2. The molecule has 1 saturated carbocycles. The smallest absolute Gasteiger partial charge is 0.230 e. The number of carbonyl (C=O) groups excluding carboxylic acids is 1. The second-order valence-electron chi connectivity index (χ2n) is 6.52. The standard InChI is InChI=1S/C17H23ClN2O2/c1-12(15-11-20(2)9-10-22-15)19-16(21)17(7-8-17)13-3-5-14(18)6-4-13/h3-6,12,15H,7-11H2,1-2H3,(H,19,21)/t12-,15-/m0/s1. The van der Waals surface area contributed by atoms with E-state index in [9.17, 15) is 4.79 Å². The van der Waals surface area contributed by atoms with Crippen molar-refractivity contribution in [3.63, 3.8) is 0 Å². The highest BCUT2D eigenvalue weighted by atomic mass is 35.5. The maximum atomic E-state index is 12.7. The second-order valence-corrected chi connectivity index (χ2v) is 6.96. The van der Waals surface area contributed by atoms with E-state index in [1.807, 2.05) is 31.2 Å². The zero-order chi connectivity index (χ0) is 15.7. The summed E-state index contributed by atoms with van der Waals surface area (Å²) in [5, 5.41) is 3.86. The average molecular weight is 323 g/mol. The Labute approximate surface area is 136 Å². The van der Waals surface area contributed by atoms with Crippen LogP contribution in [0.1, 0.15) is 25.3 Å². The van der Waals surface area contributed by atoms with Gasteiger partial charge in [-0.1, -0.05) is 23.7 Å². The molecule has 0 bridgehead atoms. The van der Waals surface area contributed by atoms with E-state index in [4.69, 9.17) is 16.3 Å². The number of carbonyl (C=O) groups is 1. The third-order valence-electron chi connectivity index (χ3n) is 4.79. The first-order valence-corrected chi connectivity index (χ1v) is 8.26. The predicted molar refractivity (Wildman–Crippen MR) is 87.2 cm³/mol. The maximum absolute atomic E-state index is 12.7. The van der Waals surface area contributed by atoms with Crippen LogP contribution in [0.4, 0.5) is 0 Å². The van der Waals surface area contributed by atoms with E-state index in [2.05, 4.69) is 17.3 Å². The van der Waals surface area contributed by atoms with Crippen LogP contribution in [0, 0.1) is 0 Å². The lowest BCUT2D eigenvalue weighted by Crippen LogP contribution is -2.53. The molecule has 2 fully saturated rings. The van der Waals surface area contributed by atoms with Crippen molar-refractivity contribution in [1.29, 1.82) is 0 Å². The molecule has 0 aromatic heterocycles. The summed E-state index contributed by atoms with van der Waals surface area (Å²) in [5.41, 5.74) is 0.697. The summed E-state index contributed by atoms with van der Waals surface area (Å²) in [6, 6.07) is 7.65. The van der Waals surface area contributed by atoms with Gasteiger partial charge < -0.3 is 15.0 Å². The molecule has 0 spiro atoms. The van der Waals surface area contributed by atoms with Gasteiger partial charge in [-0.25, -0.2) is 0 Å². The fourth-order valence-corrected chi connectivity index (χ4v) is 3.22. The normalized spacial score (nSPS) is 25.5. The van der Waals surface area contributed by atoms with E-state index >= 15 is 0 Å². The molecule has 1 aliphatic heterocycles. The van der Waals surface area contributed by atoms with Crippen molar-refractivity contribution in [1.82, 2.24) is 10.2 Å². The number of nitrogens with one attached hydrogen (secondary N) is 1. The van der Waals surface area contributed by atoms with Crippen molar-refractivity contribution >= 4 is 17.5 Å². The van der Waals surface area contributed by atoms with Crippen LogP contribution in [0.25, 0.3) is 0 Å². The number of amides is 1. The number of rotatable bonds is 4. The highest BCUT2D eigenvalue weighted by Gasteiger charge is 2.51. The van der Waals surface area contributed by atoms with E-state index in [0.29, 0.717) is 5.02 Å². The molecule has 1 heterocycles. The summed E-state index contributed by atoms with van der Waals surface area (Å²) in [7, 11) is 2.08. The van der Waals surface area contributed by atoms with Crippen LogP contribution in [0.3, 0.4) is 0 Å². The van der Waals surface area contributed by atoms with Gasteiger partial charge in [0, 0.05) is 18.1 Å². The number of ether oxygens (including phenoxy) is 1. The number of nitrogens with zero attached hydrogens (tertiary/aromatic N) is 1. The van der Waals surface area contributed by atoms with E-state index in [1.165, 1.54) is 0 Å². The number of hydrogen-bond acceptors (Lipinski definition) is 3. The average Bonchev–Trinajstić information content (AvgIpc) is 3.29. The molecule has 1 saturated heterocycles. The molecule has 1 amide bonds. The summed E-state index contributed by atoms with van der Waals surface area (Å²) in [4.78, 5) is 15.0. The monoisotopic (exact) mass is 322 g/mol. The van der Waals surface area contributed by atoms with Crippen LogP contribution in [0.5, 0.6) is 0 Å². The Balaban J connectivity index is 1.65. The largest absolute Gasteiger partial charge is 0.373 e. The number of morpholine rings is 1. The molecule has 120 valence electrons. The highest BCUT2D eigenvalue weighted by molar-refractivity contribution is 6.30. The van der Waals surface area contributed by atoms with Gasteiger partial charge in [-0.05, 0) is 44.5 Å². The number of likely N-dealkylation sites (N-methyl/N-ethyl adjacent to an activating group) is 1. The van der Waals surface area contributed by atoms with Gasteiger partial charge in [0.05, 0.1) is 24.2 Å². The Morgan fingerprint density at radius 1 is 1.41 bits per heavy atom. The summed E-state index contributed by atoms with van der Waals surface area (Å²) in [6.07, 6.45) is 1.86. The van der Waals surface area contributed by atoms with Gasteiger partial charge in [0.25, 0.3) is 0 Å². The van der Waals surface area contributed by atoms with Crippen LogP contribution in [0.15, 0.2) is 24.3 Å². The topological polar surface area (TPSA) is 41.6 Å². The van der Waals surface area contributed by atoms with E-state index in [0.717, 1.165) is 38.1 Å². The van der Waals surface area contributed by atoms with Crippen molar-refractivity contribution < 1.29 is 9.53 Å². The third-order valence-corrected chi connectivity index (χ3v) is 5.05. The molecule has 2 atom stereocenters. The minimum Gasteiger partial charge on any atom is -0.373 e. The summed E-state index contributed by atoms with van der Waals surface area (Å²) in [6.45, 7) is 4.56. The molecule has 1 aliphatic carbocycles. The van der Waals surface area contributed by atoms with Crippen molar-refractivity contribution in [2.75, 3.05) is 26.7 Å². The van der Waals surface area contributed by atoms with Gasteiger partial charge >= 0.3 is 0 Å².